The van der Waals surface area contributed by atoms with Crippen LogP contribution in [0.4, 0.5) is 4.39 Å². The molecule has 1 heterocycles. The SMILES string of the molecule is CCN(CC)C(=O)CSc1nnc(SCCOc2ccccc2F)n1N. The van der Waals surface area contributed by atoms with Crippen LogP contribution in [0.5, 0.6) is 5.75 Å². The fraction of sp³-hybridized carbons (Fsp3) is 0.438. The van der Waals surface area contributed by atoms with Crippen molar-refractivity contribution in [3.8, 4) is 5.75 Å². The Morgan fingerprint density at radius 1 is 1.23 bits per heavy atom. The van der Waals surface area contributed by atoms with Crippen LogP contribution in [0.15, 0.2) is 34.6 Å². The molecule has 0 saturated carbocycles. The Balaban J connectivity index is 1.79. The highest BCUT2D eigenvalue weighted by Gasteiger charge is 2.15. The van der Waals surface area contributed by atoms with E-state index in [1.54, 1.807) is 23.1 Å². The Labute approximate surface area is 160 Å². The maximum Gasteiger partial charge on any atom is 0.233 e. The first-order valence-electron chi connectivity index (χ1n) is 8.18. The zero-order valence-electron chi connectivity index (χ0n) is 14.7. The lowest BCUT2D eigenvalue weighted by Crippen LogP contribution is -2.32. The predicted molar refractivity (Wildman–Crippen MR) is 101 cm³/mol. The molecule has 142 valence electrons. The molecule has 1 aromatic carbocycles. The number of thioether (sulfide) groups is 2. The number of rotatable bonds is 10. The van der Waals surface area contributed by atoms with Crippen LogP contribution in [-0.4, -0.2) is 56.9 Å². The Morgan fingerprint density at radius 3 is 2.54 bits per heavy atom. The van der Waals surface area contributed by atoms with Crippen LogP contribution in [0.1, 0.15) is 13.8 Å². The lowest BCUT2D eigenvalue weighted by atomic mass is 10.3. The molecule has 0 aliphatic carbocycles. The summed E-state index contributed by atoms with van der Waals surface area (Å²) in [5.41, 5.74) is 0. The summed E-state index contributed by atoms with van der Waals surface area (Å²) in [6, 6.07) is 6.25. The third-order valence-corrected chi connectivity index (χ3v) is 5.32. The third kappa shape index (κ3) is 5.53. The van der Waals surface area contributed by atoms with E-state index in [0.29, 0.717) is 35.8 Å². The topological polar surface area (TPSA) is 86.3 Å². The van der Waals surface area contributed by atoms with Gasteiger partial charge in [-0.05, 0) is 26.0 Å². The number of carbonyl (C=O) groups is 1. The van der Waals surface area contributed by atoms with Crippen LogP contribution < -0.4 is 10.6 Å². The van der Waals surface area contributed by atoms with Gasteiger partial charge in [0.1, 0.15) is 0 Å². The van der Waals surface area contributed by atoms with Gasteiger partial charge in [0.2, 0.25) is 16.2 Å². The minimum atomic E-state index is -0.393. The molecule has 2 rings (SSSR count). The molecular formula is C16H22FN5O2S2. The molecule has 0 radical (unpaired) electrons. The predicted octanol–water partition coefficient (Wildman–Crippen LogP) is 2.26. The molecule has 0 aliphatic rings. The second-order valence-electron chi connectivity index (χ2n) is 5.12. The number of hydrogen-bond donors (Lipinski definition) is 1. The molecule has 0 fully saturated rings. The Hall–Kier alpha value is -1.94. The number of nitrogens with two attached hydrogens (primary N) is 1. The van der Waals surface area contributed by atoms with Crippen molar-refractivity contribution in [2.24, 2.45) is 0 Å². The monoisotopic (exact) mass is 399 g/mol. The number of aromatic nitrogens is 3. The van der Waals surface area contributed by atoms with Crippen molar-refractivity contribution >= 4 is 29.4 Å². The van der Waals surface area contributed by atoms with Gasteiger partial charge in [-0.3, -0.25) is 4.79 Å². The van der Waals surface area contributed by atoms with Crippen LogP contribution in [0.3, 0.4) is 0 Å². The number of ether oxygens (including phenoxy) is 1. The van der Waals surface area contributed by atoms with Crippen LogP contribution in [0.2, 0.25) is 0 Å². The fourth-order valence-corrected chi connectivity index (χ4v) is 3.59. The quantitative estimate of drug-likeness (QED) is 0.372. The van der Waals surface area contributed by atoms with Crippen molar-refractivity contribution < 1.29 is 13.9 Å². The summed E-state index contributed by atoms with van der Waals surface area (Å²) in [6.45, 7) is 5.54. The number of carbonyl (C=O) groups excluding carboxylic acids is 1. The lowest BCUT2D eigenvalue weighted by molar-refractivity contribution is -0.127. The van der Waals surface area contributed by atoms with E-state index in [-0.39, 0.29) is 17.4 Å². The standard InChI is InChI=1S/C16H22FN5O2S2/c1-3-21(4-2)14(23)11-26-16-20-19-15(22(16)18)25-10-9-24-13-8-6-5-7-12(13)17/h5-8H,3-4,9-11,18H2,1-2H3. The molecule has 0 atom stereocenters. The summed E-state index contributed by atoms with van der Waals surface area (Å²) in [6.07, 6.45) is 0. The number of para-hydroxylation sites is 1. The second kappa shape index (κ2) is 10.3. The number of nitrogen functional groups attached to an aromatic ring is 1. The van der Waals surface area contributed by atoms with Gasteiger partial charge in [-0.25, -0.2) is 9.07 Å². The minimum absolute atomic E-state index is 0.0375. The average Bonchev–Trinajstić information content (AvgIpc) is 2.99. The van der Waals surface area contributed by atoms with Gasteiger partial charge < -0.3 is 15.5 Å². The normalized spacial score (nSPS) is 10.7. The molecule has 0 saturated heterocycles. The van der Waals surface area contributed by atoms with Gasteiger partial charge in [0.15, 0.2) is 11.6 Å². The molecule has 1 amide bonds. The van der Waals surface area contributed by atoms with Gasteiger partial charge >= 0.3 is 0 Å². The van der Waals surface area contributed by atoms with E-state index >= 15 is 0 Å². The second-order valence-corrected chi connectivity index (χ2v) is 7.12. The van der Waals surface area contributed by atoms with Gasteiger partial charge in [0, 0.05) is 18.8 Å². The molecule has 0 bridgehead atoms. The highest BCUT2D eigenvalue weighted by atomic mass is 32.2. The van der Waals surface area contributed by atoms with E-state index in [2.05, 4.69) is 10.2 Å². The lowest BCUT2D eigenvalue weighted by Gasteiger charge is -2.17. The zero-order chi connectivity index (χ0) is 18.9. The summed E-state index contributed by atoms with van der Waals surface area (Å²) in [7, 11) is 0. The first-order valence-corrected chi connectivity index (χ1v) is 10.1. The molecule has 0 unspecified atom stereocenters. The van der Waals surface area contributed by atoms with Crippen molar-refractivity contribution in [2.75, 3.05) is 37.0 Å². The molecular weight excluding hydrogens is 377 g/mol. The van der Waals surface area contributed by atoms with Crippen molar-refractivity contribution in [1.29, 1.82) is 0 Å². The first kappa shape index (κ1) is 20.4. The van der Waals surface area contributed by atoms with Gasteiger partial charge in [-0.1, -0.05) is 35.7 Å². The number of hydrogen-bond acceptors (Lipinski definition) is 7. The van der Waals surface area contributed by atoms with Crippen molar-refractivity contribution in [3.05, 3.63) is 30.1 Å². The molecule has 0 aliphatic heterocycles. The average molecular weight is 400 g/mol. The van der Waals surface area contributed by atoms with Crippen molar-refractivity contribution in [2.45, 2.75) is 24.2 Å². The highest BCUT2D eigenvalue weighted by molar-refractivity contribution is 8.00. The van der Waals surface area contributed by atoms with E-state index in [4.69, 9.17) is 10.6 Å². The van der Waals surface area contributed by atoms with Crippen LogP contribution in [-0.2, 0) is 4.79 Å². The molecule has 26 heavy (non-hydrogen) atoms. The Kier molecular flexibility index (Phi) is 8.05. The zero-order valence-corrected chi connectivity index (χ0v) is 16.4. The van der Waals surface area contributed by atoms with Gasteiger partial charge in [0.25, 0.3) is 0 Å². The fourth-order valence-electron chi connectivity index (χ4n) is 2.10. The largest absolute Gasteiger partial charge is 0.490 e. The smallest absolute Gasteiger partial charge is 0.233 e. The van der Waals surface area contributed by atoms with Gasteiger partial charge in [-0.15, -0.1) is 10.2 Å². The summed E-state index contributed by atoms with van der Waals surface area (Å²) in [5, 5.41) is 9.01. The van der Waals surface area contributed by atoms with E-state index < -0.39 is 5.82 Å². The van der Waals surface area contributed by atoms with Gasteiger partial charge in [-0.2, -0.15) is 0 Å². The first-order chi connectivity index (χ1) is 12.6. The van der Waals surface area contributed by atoms with E-state index in [1.165, 1.54) is 34.3 Å². The van der Waals surface area contributed by atoms with Crippen molar-refractivity contribution in [3.63, 3.8) is 0 Å². The number of nitrogens with zero attached hydrogens (tertiary/aromatic N) is 4. The molecule has 2 aromatic rings. The summed E-state index contributed by atoms with van der Waals surface area (Å²) >= 11 is 2.60. The number of halogens is 1. The van der Waals surface area contributed by atoms with E-state index in [9.17, 15) is 9.18 Å². The van der Waals surface area contributed by atoms with E-state index in [0.717, 1.165) is 0 Å². The number of amides is 1. The maximum atomic E-state index is 13.5. The highest BCUT2D eigenvalue weighted by Crippen LogP contribution is 2.21. The summed E-state index contributed by atoms with van der Waals surface area (Å²) in [4.78, 5) is 13.8. The summed E-state index contributed by atoms with van der Waals surface area (Å²) < 4.78 is 20.2. The molecule has 10 heteroatoms. The van der Waals surface area contributed by atoms with Crippen LogP contribution in [0.25, 0.3) is 0 Å². The summed E-state index contributed by atoms with van der Waals surface area (Å²) in [5.74, 6) is 6.63. The van der Waals surface area contributed by atoms with Crippen LogP contribution in [0, 0.1) is 5.82 Å². The van der Waals surface area contributed by atoms with Gasteiger partial charge in [0.05, 0.1) is 12.4 Å². The minimum Gasteiger partial charge on any atom is -0.490 e. The Bertz CT molecular complexity index is 724. The molecule has 2 N–H and O–H groups in total. The van der Waals surface area contributed by atoms with Crippen molar-refractivity contribution in [1.82, 2.24) is 19.8 Å². The molecule has 7 nitrogen and oxygen atoms in total. The molecule has 0 spiro atoms. The maximum absolute atomic E-state index is 13.5. The van der Waals surface area contributed by atoms with E-state index in [1.807, 2.05) is 13.8 Å². The Morgan fingerprint density at radius 2 is 1.88 bits per heavy atom. The number of benzene rings is 1. The van der Waals surface area contributed by atoms with Crippen LogP contribution >= 0.6 is 23.5 Å². The molecule has 1 aromatic heterocycles. The third-order valence-electron chi connectivity index (χ3n) is 3.48.